The molecule has 0 heterocycles. The van der Waals surface area contributed by atoms with Gasteiger partial charge in [-0.3, -0.25) is 9.59 Å². The fraction of sp³-hybridized carbons (Fsp3) is 0.400. The smallest absolute Gasteiger partial charge is 0.300 e. The van der Waals surface area contributed by atoms with Crippen LogP contribution in [0.1, 0.15) is 13.8 Å². The van der Waals surface area contributed by atoms with Crippen molar-refractivity contribution in [3.8, 4) is 0 Å². The second-order valence-corrected chi connectivity index (χ2v) is 1.04. The van der Waals surface area contributed by atoms with Gasteiger partial charge in [0.15, 0.2) is 0 Å². The molecular formula is C5H13O5Pd-. The Morgan fingerprint density at radius 2 is 1.00 bits per heavy atom. The van der Waals surface area contributed by atoms with Crippen molar-refractivity contribution in [3.63, 3.8) is 0 Å². The van der Waals surface area contributed by atoms with E-state index in [0.29, 0.717) is 0 Å². The minimum absolute atomic E-state index is 0. The molecule has 0 atom stereocenters. The second-order valence-electron chi connectivity index (χ2n) is 1.04. The molecule has 0 fully saturated rings. The third-order valence-electron chi connectivity index (χ3n) is 0. The van der Waals surface area contributed by atoms with E-state index in [1.807, 2.05) is 0 Å². The summed E-state index contributed by atoms with van der Waals surface area (Å²) in [4.78, 5) is 18.0. The molecule has 0 unspecified atom stereocenters. The molecule has 0 aromatic rings. The van der Waals surface area contributed by atoms with Crippen LogP contribution >= 0.6 is 0 Å². The molecule has 0 spiro atoms. The van der Waals surface area contributed by atoms with Crippen molar-refractivity contribution < 1.29 is 45.7 Å². The minimum atomic E-state index is -0.833. The van der Waals surface area contributed by atoms with Gasteiger partial charge in [-0.2, -0.15) is 0 Å². The Labute approximate surface area is 79.4 Å². The van der Waals surface area contributed by atoms with Crippen molar-refractivity contribution in [1.29, 1.82) is 0 Å². The van der Waals surface area contributed by atoms with Crippen LogP contribution in [-0.4, -0.2) is 27.6 Å². The fourth-order valence-corrected chi connectivity index (χ4v) is 0. The van der Waals surface area contributed by atoms with Crippen LogP contribution < -0.4 is 0 Å². The normalized spacial score (nSPS) is 4.55. The molecule has 4 N–H and O–H groups in total. The van der Waals surface area contributed by atoms with Crippen LogP contribution in [0.5, 0.6) is 0 Å². The SMILES string of the molecule is CC(=O)O.CC(=O)O.O.[CH3-].[Pd]. The van der Waals surface area contributed by atoms with Gasteiger partial charge in [-0.15, -0.1) is 0 Å². The Kier molecular flexibility index (Phi) is 64.3. The summed E-state index contributed by atoms with van der Waals surface area (Å²) in [6, 6.07) is 0. The van der Waals surface area contributed by atoms with E-state index in [0.717, 1.165) is 13.8 Å². The molecule has 0 aliphatic heterocycles. The number of carbonyl (C=O) groups is 2. The maximum atomic E-state index is 9.00. The van der Waals surface area contributed by atoms with Crippen LogP contribution in [-0.2, 0) is 30.0 Å². The molecule has 11 heavy (non-hydrogen) atoms. The molecule has 0 bridgehead atoms. The molecule has 0 radical (unpaired) electrons. The zero-order valence-electron chi connectivity index (χ0n) is 6.53. The molecule has 0 aliphatic rings. The number of rotatable bonds is 0. The van der Waals surface area contributed by atoms with Gasteiger partial charge in [0.1, 0.15) is 0 Å². The van der Waals surface area contributed by atoms with E-state index in [1.54, 1.807) is 0 Å². The van der Waals surface area contributed by atoms with Crippen molar-refractivity contribution in [2.45, 2.75) is 13.8 Å². The van der Waals surface area contributed by atoms with Gasteiger partial charge in [0, 0.05) is 34.3 Å². The summed E-state index contributed by atoms with van der Waals surface area (Å²) in [6.45, 7) is 2.17. The van der Waals surface area contributed by atoms with E-state index < -0.39 is 11.9 Å². The fourth-order valence-electron chi connectivity index (χ4n) is 0. The predicted octanol–water partition coefficient (Wildman–Crippen LogP) is -0.195. The quantitative estimate of drug-likeness (QED) is 0.464. The van der Waals surface area contributed by atoms with Crippen LogP contribution in [0.4, 0.5) is 0 Å². The Hall–Kier alpha value is -0.438. The zero-order valence-corrected chi connectivity index (χ0v) is 8.08. The van der Waals surface area contributed by atoms with Gasteiger partial charge in [-0.05, 0) is 0 Å². The Balaban J connectivity index is -0.0000000171. The van der Waals surface area contributed by atoms with Crippen molar-refractivity contribution in [2.75, 3.05) is 0 Å². The van der Waals surface area contributed by atoms with Crippen molar-refractivity contribution in [1.82, 2.24) is 0 Å². The summed E-state index contributed by atoms with van der Waals surface area (Å²) in [5.74, 6) is -1.67. The summed E-state index contributed by atoms with van der Waals surface area (Å²) in [5.41, 5.74) is 0. The Morgan fingerprint density at radius 3 is 1.00 bits per heavy atom. The Morgan fingerprint density at radius 1 is 1.00 bits per heavy atom. The summed E-state index contributed by atoms with van der Waals surface area (Å²) in [6.07, 6.45) is 0. The topological polar surface area (TPSA) is 106 Å². The van der Waals surface area contributed by atoms with E-state index in [-0.39, 0.29) is 33.3 Å². The molecule has 0 saturated carbocycles. The zero-order chi connectivity index (χ0) is 7.15. The van der Waals surface area contributed by atoms with Gasteiger partial charge in [-0.25, -0.2) is 0 Å². The standard InChI is InChI=1S/2C2H4O2.CH3.H2O.Pd/c2*1-2(3)4;;;/h2*1H3,(H,3,4);1H3;1H2;/q;;-1;;. The molecule has 0 rings (SSSR count). The number of carboxylic acid groups (broad SMARTS) is 2. The summed E-state index contributed by atoms with van der Waals surface area (Å²) >= 11 is 0. The first kappa shape index (κ1) is 31.2. The average Bonchev–Trinajstić information content (AvgIpc) is 1.25. The van der Waals surface area contributed by atoms with E-state index in [1.165, 1.54) is 0 Å². The van der Waals surface area contributed by atoms with Gasteiger partial charge >= 0.3 is 0 Å². The van der Waals surface area contributed by atoms with Crippen LogP contribution in [0, 0.1) is 7.43 Å². The number of hydrogen-bond acceptors (Lipinski definition) is 2. The first-order chi connectivity index (χ1) is 3.46. The van der Waals surface area contributed by atoms with Crippen molar-refractivity contribution in [3.05, 3.63) is 7.43 Å². The van der Waals surface area contributed by atoms with E-state index >= 15 is 0 Å². The van der Waals surface area contributed by atoms with Crippen molar-refractivity contribution >= 4 is 11.9 Å². The number of hydrogen-bond donors (Lipinski definition) is 2. The first-order valence-corrected chi connectivity index (χ1v) is 1.86. The molecule has 0 amide bonds. The van der Waals surface area contributed by atoms with Gasteiger partial charge in [0.05, 0.1) is 0 Å². The summed E-state index contributed by atoms with van der Waals surface area (Å²) < 4.78 is 0. The number of aliphatic carboxylic acids is 2. The largest absolute Gasteiger partial charge is 0.481 e. The minimum Gasteiger partial charge on any atom is -0.481 e. The average molecular weight is 260 g/mol. The van der Waals surface area contributed by atoms with Crippen LogP contribution in [0.25, 0.3) is 0 Å². The molecule has 5 nitrogen and oxygen atoms in total. The third-order valence-corrected chi connectivity index (χ3v) is 0. The third kappa shape index (κ3) is 2850. The van der Waals surface area contributed by atoms with Crippen LogP contribution in [0.2, 0.25) is 0 Å². The van der Waals surface area contributed by atoms with Gasteiger partial charge in [-0.1, -0.05) is 0 Å². The van der Waals surface area contributed by atoms with E-state index in [9.17, 15) is 0 Å². The van der Waals surface area contributed by atoms with Crippen LogP contribution in [0.15, 0.2) is 0 Å². The van der Waals surface area contributed by atoms with E-state index in [2.05, 4.69) is 0 Å². The maximum Gasteiger partial charge on any atom is 0.300 e. The Bertz CT molecular complexity index is 72.9. The second kappa shape index (κ2) is 22.7. The summed E-state index contributed by atoms with van der Waals surface area (Å²) in [7, 11) is 0. The monoisotopic (exact) mass is 259 g/mol. The molecule has 0 aliphatic carbocycles. The number of carboxylic acids is 2. The van der Waals surface area contributed by atoms with Gasteiger partial charge in [0.25, 0.3) is 11.9 Å². The molecule has 0 aromatic carbocycles. The molecule has 6 heteroatoms. The van der Waals surface area contributed by atoms with E-state index in [4.69, 9.17) is 19.8 Å². The molecule has 74 valence electrons. The van der Waals surface area contributed by atoms with Gasteiger partial charge in [0.2, 0.25) is 0 Å². The summed E-state index contributed by atoms with van der Waals surface area (Å²) in [5, 5.41) is 14.8. The van der Waals surface area contributed by atoms with Crippen molar-refractivity contribution in [2.24, 2.45) is 0 Å². The molecule has 0 saturated heterocycles. The van der Waals surface area contributed by atoms with Crippen LogP contribution in [0.3, 0.4) is 0 Å². The predicted molar refractivity (Wildman–Crippen MR) is 36.6 cm³/mol. The van der Waals surface area contributed by atoms with Gasteiger partial charge < -0.3 is 23.1 Å². The maximum absolute atomic E-state index is 9.00. The first-order valence-electron chi connectivity index (χ1n) is 1.86. The molecular weight excluding hydrogens is 246 g/mol. The molecule has 0 aromatic heterocycles.